The zero-order valence-electron chi connectivity index (χ0n) is 58.1. The molecule has 9 heterocycles. The maximum absolute atomic E-state index is 2.23. The van der Waals surface area contributed by atoms with Crippen LogP contribution in [-0.2, 0) is 75.6 Å². The topological polar surface area (TPSA) is 31.0 Å². The highest BCUT2D eigenvalue weighted by Gasteiger charge is 2.06. The summed E-state index contributed by atoms with van der Waals surface area (Å²) in [5, 5.41) is 2.10. The van der Waals surface area contributed by atoms with Gasteiger partial charge in [0.25, 0.3) is 0 Å². The maximum atomic E-state index is 2.23. The van der Waals surface area contributed by atoms with E-state index in [2.05, 4.69) is 376 Å². The lowest BCUT2D eigenvalue weighted by Gasteiger charge is -2.00. The van der Waals surface area contributed by atoms with Crippen LogP contribution in [0.5, 0.6) is 0 Å². The highest BCUT2D eigenvalue weighted by atomic mass is 32.1. The molecule has 9 aromatic heterocycles. The van der Waals surface area contributed by atoms with Gasteiger partial charge >= 0.3 is 0 Å². The number of thiophene rings is 1. The molecule has 92 heavy (non-hydrogen) atoms. The average molecular weight is 1250 g/mol. The van der Waals surface area contributed by atoms with E-state index in [1.165, 1.54) is 108 Å². The van der Waals surface area contributed by atoms with Gasteiger partial charge in [0.05, 0.1) is 5.56 Å². The Bertz CT molecular complexity index is 3960. The summed E-state index contributed by atoms with van der Waals surface area (Å²) in [6.07, 6.45) is 39.6. The molecule has 0 aliphatic heterocycles. The number of rotatable bonds is 9. The van der Waals surface area contributed by atoms with Gasteiger partial charge in [-0.25, -0.2) is 36.5 Å². The molecule has 0 unspecified atom stereocenters. The molecule has 0 bridgehead atoms. The van der Waals surface area contributed by atoms with Gasteiger partial charge in [0.1, 0.15) is 56.4 Å². The van der Waals surface area contributed by atoms with Gasteiger partial charge in [-0.2, -0.15) is 0 Å². The summed E-state index contributed by atoms with van der Waals surface area (Å²) >= 11 is 1.77. The molecule has 0 aliphatic rings. The molecule has 0 aliphatic carbocycles. The van der Waals surface area contributed by atoms with Crippen LogP contribution in [0.2, 0.25) is 0 Å². The van der Waals surface area contributed by atoms with Gasteiger partial charge in [-0.3, -0.25) is 0 Å². The number of benzene rings is 3. The molecule has 0 amide bonds. The summed E-state index contributed by atoms with van der Waals surface area (Å²) in [4.78, 5) is 1.33. The lowest BCUT2D eigenvalue weighted by Crippen LogP contribution is -2.27. The van der Waals surface area contributed by atoms with Crippen molar-refractivity contribution >= 4 is 11.3 Å². The Kier molecular flexibility index (Phi) is 32.1. The van der Waals surface area contributed by atoms with E-state index in [9.17, 15) is 0 Å². The number of hydrogen-bond donors (Lipinski definition) is 0. The second-order valence-electron chi connectivity index (χ2n) is 23.7. The second kappa shape index (κ2) is 40.3. The Morgan fingerprint density at radius 1 is 0.304 bits per heavy atom. The van der Waals surface area contributed by atoms with Crippen molar-refractivity contribution in [3.63, 3.8) is 0 Å². The number of hydrogen-bond acceptors (Lipinski definition) is 1. The number of aromatic nitrogens is 8. The Morgan fingerprint density at radius 3 is 1.21 bits per heavy atom. The number of nitrogens with zero attached hydrogens (tertiary/aromatic N) is 8. The fourth-order valence-electron chi connectivity index (χ4n) is 10.0. The largest absolute Gasteiger partial charge is 0.208 e. The summed E-state index contributed by atoms with van der Waals surface area (Å²) in [6.45, 7) is 17.1. The molecule has 3 aromatic carbocycles. The van der Waals surface area contributed by atoms with E-state index in [4.69, 9.17) is 0 Å². The van der Waals surface area contributed by atoms with E-state index < -0.39 is 0 Å². The molecular formula is C83H104N8S+8. The minimum atomic E-state index is 1.01. The Hall–Kier alpha value is -9.44. The van der Waals surface area contributed by atoms with Crippen LogP contribution in [0.25, 0.3) is 32.7 Å². The summed E-state index contributed by atoms with van der Waals surface area (Å²) in [5.74, 6) is 0. The predicted octanol–water partition coefficient (Wildman–Crippen LogP) is 14.5. The van der Waals surface area contributed by atoms with Crippen molar-refractivity contribution in [2.24, 2.45) is 56.4 Å². The van der Waals surface area contributed by atoms with Crippen LogP contribution in [0.15, 0.2) is 280 Å². The molecular weight excluding hydrogens is 1140 g/mol. The van der Waals surface area contributed by atoms with Crippen molar-refractivity contribution in [2.45, 2.75) is 87.5 Å². The van der Waals surface area contributed by atoms with Gasteiger partial charge < -0.3 is 0 Å². The summed E-state index contributed by atoms with van der Waals surface area (Å²) in [7, 11) is 16.4. The summed E-state index contributed by atoms with van der Waals surface area (Å²) < 4.78 is 16.6. The lowest BCUT2D eigenvalue weighted by molar-refractivity contribution is -0.672. The van der Waals surface area contributed by atoms with Crippen molar-refractivity contribution in [3.05, 3.63) is 336 Å². The van der Waals surface area contributed by atoms with Crippen LogP contribution in [-0.4, -0.2) is 0 Å². The monoisotopic (exact) mass is 1240 g/mol. The highest BCUT2D eigenvalue weighted by Crippen LogP contribution is 2.23. The molecule has 9 heteroatoms. The standard InChI is InChI=1S/2C13H14N.C12H12N.C10H10NS.C10H16N.C9H14N.2C8H12N/c1-11-8-13(10-14(2)9-11)12-6-4-3-5-7-12;1-14-9-5-8-13(11-14)10-12-6-3-2-4-7-12;1-13-9-5-8-12(10-13)11-6-3-2-4-7-11;1-11-6-2-4-9(8-11)10-5-3-7-12-10;1-3-4-6-10-7-5-8-11(2)9-10;1-4-9-7-10(3)6-5-8(9)2;1-7-4-8(2)6-9(3)5-7;1-7-4-5-9(3)6-8(7)2/h3-10H,1-2H3;2-9,11H,10H2,1H3;2-10H,1H3;2-8H,1H3;5,7-9H,3-4,6H2,1-2H3;5-7H,4H2,1-3H3;2*4-6H,1-3H3/q8*+1. The third kappa shape index (κ3) is 28.6. The second-order valence-corrected chi connectivity index (χ2v) is 24.7. The van der Waals surface area contributed by atoms with E-state index in [0.717, 1.165) is 12.8 Å². The van der Waals surface area contributed by atoms with Crippen molar-refractivity contribution in [2.75, 3.05) is 0 Å². The Morgan fingerprint density at radius 2 is 0.728 bits per heavy atom. The SMILES string of the molecule is CCCCc1ccc[n+](C)c1.CCc1c[n+](C)ccc1C.C[n+]1cccc(-c2ccccc2)c1.C[n+]1cccc(-c2cccs2)c1.C[n+]1cccc(Cc2ccccc2)c1.Cc1cc(-c2ccccc2)c[n+](C)c1.Cc1cc(C)c[n+](C)c1.Cc1cc[n+](C)cc1C. The summed E-state index contributed by atoms with van der Waals surface area (Å²) in [6, 6.07) is 61.1. The molecule has 0 spiro atoms. The fourth-order valence-corrected chi connectivity index (χ4v) is 10.8. The number of aryl methyl sites for hydroxylation is 16. The van der Waals surface area contributed by atoms with Gasteiger partial charge in [0.15, 0.2) is 99.1 Å². The fraction of sp³-hybridized carbons (Fsp3) is 0.253. The lowest BCUT2D eigenvalue weighted by atomic mass is 10.1. The zero-order chi connectivity index (χ0) is 66.6. The van der Waals surface area contributed by atoms with Gasteiger partial charge in [0.2, 0.25) is 0 Å². The minimum Gasteiger partial charge on any atom is -0.208 e. The van der Waals surface area contributed by atoms with Crippen molar-refractivity contribution in [3.8, 4) is 32.7 Å². The van der Waals surface area contributed by atoms with Crippen LogP contribution in [0, 0.1) is 41.5 Å². The third-order valence-electron chi connectivity index (χ3n) is 14.8. The molecule has 0 fully saturated rings. The van der Waals surface area contributed by atoms with Gasteiger partial charge in [-0.1, -0.05) is 117 Å². The normalized spacial score (nSPS) is 9.96. The molecule has 12 aromatic rings. The van der Waals surface area contributed by atoms with Crippen molar-refractivity contribution in [1.29, 1.82) is 0 Å². The first-order valence-electron chi connectivity index (χ1n) is 32.0. The van der Waals surface area contributed by atoms with Crippen LogP contribution in [0.3, 0.4) is 0 Å². The van der Waals surface area contributed by atoms with Crippen LogP contribution in [0.4, 0.5) is 0 Å². The molecule has 474 valence electrons. The molecule has 0 saturated heterocycles. The van der Waals surface area contributed by atoms with E-state index in [1.54, 1.807) is 11.3 Å². The van der Waals surface area contributed by atoms with E-state index in [1.807, 2.05) is 52.7 Å². The average Bonchev–Trinajstić information content (AvgIpc) is 1.99. The number of unbranched alkanes of at least 4 members (excludes halogenated alkanes) is 1. The predicted molar refractivity (Wildman–Crippen MR) is 381 cm³/mol. The van der Waals surface area contributed by atoms with E-state index in [0.29, 0.717) is 0 Å². The van der Waals surface area contributed by atoms with E-state index >= 15 is 0 Å². The first kappa shape index (κ1) is 73.3. The minimum absolute atomic E-state index is 1.01. The van der Waals surface area contributed by atoms with Gasteiger partial charge in [-0.05, 0) is 136 Å². The molecule has 0 radical (unpaired) electrons. The molecule has 0 N–H and O–H groups in total. The zero-order valence-corrected chi connectivity index (χ0v) is 58.9. The molecule has 12 rings (SSSR count). The van der Waals surface area contributed by atoms with Crippen LogP contribution >= 0.6 is 11.3 Å². The highest BCUT2D eigenvalue weighted by molar-refractivity contribution is 7.13. The van der Waals surface area contributed by atoms with Crippen LogP contribution in [0.1, 0.15) is 82.3 Å². The maximum Gasteiger partial charge on any atom is 0.177 e. The van der Waals surface area contributed by atoms with E-state index in [-0.39, 0.29) is 0 Å². The van der Waals surface area contributed by atoms with Crippen molar-refractivity contribution < 1.29 is 36.5 Å². The first-order chi connectivity index (χ1) is 44.3. The Labute approximate surface area is 557 Å². The third-order valence-corrected chi connectivity index (χ3v) is 15.7. The molecule has 8 nitrogen and oxygen atoms in total. The first-order valence-corrected chi connectivity index (χ1v) is 32.9. The molecule has 0 saturated carbocycles. The van der Waals surface area contributed by atoms with Crippen LogP contribution < -0.4 is 36.5 Å². The number of pyridine rings is 8. The van der Waals surface area contributed by atoms with Gasteiger partial charge in [-0.15, -0.1) is 11.3 Å². The quantitative estimate of drug-likeness (QED) is 0.129. The van der Waals surface area contributed by atoms with Gasteiger partial charge in [0, 0.05) is 97.8 Å². The smallest absolute Gasteiger partial charge is 0.177 e. The molecule has 0 atom stereocenters. The Balaban J connectivity index is 0.000000192. The van der Waals surface area contributed by atoms with Crippen molar-refractivity contribution in [1.82, 2.24) is 0 Å². The summed E-state index contributed by atoms with van der Waals surface area (Å²) in [5.41, 5.74) is 19.9.